The fourth-order valence-corrected chi connectivity index (χ4v) is 8.40. The first-order valence-corrected chi connectivity index (χ1v) is 28.2. The first-order valence-electron chi connectivity index (χ1n) is 26.7. The molecule has 70 heavy (non-hydrogen) atoms. The topological polar surface area (TPSA) is 192 Å². The van der Waals surface area contributed by atoms with Gasteiger partial charge in [0.2, 0.25) is 0 Å². The van der Waals surface area contributed by atoms with E-state index in [0.717, 1.165) is 96.3 Å². The molecule has 0 aromatic heterocycles. The molecule has 1 aliphatic rings. The van der Waals surface area contributed by atoms with Crippen molar-refractivity contribution in [3.8, 4) is 0 Å². The number of carbonyl (C=O) groups excluding carboxylic acids is 1. The Hall–Kier alpha value is -3.00. The minimum Gasteiger partial charge on any atom is -0.457 e. The third kappa shape index (κ3) is 36.8. The van der Waals surface area contributed by atoms with Crippen LogP contribution in [0, 0.1) is 0 Å². The van der Waals surface area contributed by atoms with E-state index in [2.05, 4.69) is 123 Å². The molecular formula is C57H95O12P. The van der Waals surface area contributed by atoms with Crippen LogP contribution in [-0.2, 0) is 27.9 Å². The standard InChI is InChI=1S/C57H95O12P/c1-3-5-7-9-11-13-15-17-19-21-23-25-27-29-31-33-35-37-39-41-43-45-47-66-48-50(49-67-70(64,65)69-57-55(62)53(60)52(59)54(61)56(57)63)68-51(58)46-44-42-40-38-36-34-32-30-28-26-24-22-20-18-16-14-12-10-8-6-4-2/h6,8,12,14-15,17-18,20-21,23-24,26-27,29-30,32,36,38,50,52-57,59-63H,3-5,7,9-11,13,16,19,22,25,28,31,33-35,37,39-49H2,1-2H3,(H,64,65)/b8-6-,14-12-,17-15-,20-18-,23-21-,26-24-,29-27-,32-30-,38-36-. The van der Waals surface area contributed by atoms with E-state index in [4.69, 9.17) is 18.5 Å². The van der Waals surface area contributed by atoms with Gasteiger partial charge in [0.15, 0.2) is 0 Å². The molecule has 0 aliphatic heterocycles. The van der Waals surface area contributed by atoms with Crippen molar-refractivity contribution >= 4 is 13.8 Å². The molecule has 0 radical (unpaired) electrons. The molecule has 0 spiro atoms. The highest BCUT2D eigenvalue weighted by atomic mass is 31.2. The summed E-state index contributed by atoms with van der Waals surface area (Å²) in [4.78, 5) is 23.3. The largest absolute Gasteiger partial charge is 0.472 e. The molecule has 1 saturated carbocycles. The Bertz CT molecular complexity index is 1570. The van der Waals surface area contributed by atoms with Gasteiger partial charge in [-0.2, -0.15) is 0 Å². The highest BCUT2D eigenvalue weighted by Gasteiger charge is 2.51. The number of hydrogen-bond donors (Lipinski definition) is 6. The van der Waals surface area contributed by atoms with Gasteiger partial charge in [-0.25, -0.2) is 4.57 Å². The molecule has 0 saturated heterocycles. The average molecular weight is 1000 g/mol. The molecule has 13 heteroatoms. The Morgan fingerprint density at radius 1 is 0.471 bits per heavy atom. The number of phosphoric acid groups is 1. The minimum absolute atomic E-state index is 0.109. The summed E-state index contributed by atoms with van der Waals surface area (Å²) >= 11 is 0. The Labute approximate surface area is 423 Å². The van der Waals surface area contributed by atoms with Crippen LogP contribution in [0.4, 0.5) is 0 Å². The van der Waals surface area contributed by atoms with Gasteiger partial charge in [0.25, 0.3) is 0 Å². The molecular weight excluding hydrogens is 908 g/mol. The van der Waals surface area contributed by atoms with Crippen molar-refractivity contribution in [3.63, 3.8) is 0 Å². The summed E-state index contributed by atoms with van der Waals surface area (Å²) in [6.45, 7) is 4.06. The smallest absolute Gasteiger partial charge is 0.457 e. The van der Waals surface area contributed by atoms with Crippen molar-refractivity contribution in [2.75, 3.05) is 19.8 Å². The molecule has 0 bridgehead atoms. The lowest BCUT2D eigenvalue weighted by atomic mass is 9.85. The summed E-state index contributed by atoms with van der Waals surface area (Å²) in [5, 5.41) is 50.4. The maximum absolute atomic E-state index is 12.9. The second-order valence-corrected chi connectivity index (χ2v) is 19.4. The average Bonchev–Trinajstić information content (AvgIpc) is 3.35. The van der Waals surface area contributed by atoms with Crippen LogP contribution in [0.2, 0.25) is 0 Å². The van der Waals surface area contributed by atoms with Crippen molar-refractivity contribution in [1.82, 2.24) is 0 Å². The zero-order valence-electron chi connectivity index (χ0n) is 43.0. The van der Waals surface area contributed by atoms with Gasteiger partial charge in [-0.05, 0) is 103 Å². The highest BCUT2D eigenvalue weighted by molar-refractivity contribution is 7.47. The summed E-state index contributed by atoms with van der Waals surface area (Å²) in [6, 6.07) is 0. The lowest BCUT2D eigenvalue weighted by Gasteiger charge is -2.41. The molecule has 400 valence electrons. The Kier molecular flexibility index (Phi) is 42.6. The molecule has 12 nitrogen and oxygen atoms in total. The van der Waals surface area contributed by atoms with Gasteiger partial charge in [0.05, 0.1) is 13.2 Å². The van der Waals surface area contributed by atoms with Crippen LogP contribution in [0.1, 0.15) is 181 Å². The van der Waals surface area contributed by atoms with Gasteiger partial charge in [-0.15, -0.1) is 0 Å². The zero-order chi connectivity index (χ0) is 51.2. The van der Waals surface area contributed by atoms with E-state index < -0.39 is 63.1 Å². The number of hydrogen-bond acceptors (Lipinski definition) is 11. The van der Waals surface area contributed by atoms with E-state index in [1.54, 1.807) is 0 Å². The van der Waals surface area contributed by atoms with Crippen molar-refractivity contribution in [2.45, 2.75) is 224 Å². The molecule has 0 aromatic rings. The van der Waals surface area contributed by atoms with Crippen molar-refractivity contribution < 1.29 is 58.3 Å². The quantitative estimate of drug-likeness (QED) is 0.0147. The number of unbranched alkanes of at least 4 members (excludes halogenated alkanes) is 14. The van der Waals surface area contributed by atoms with E-state index in [9.17, 15) is 39.8 Å². The number of carbonyl (C=O) groups is 1. The summed E-state index contributed by atoms with van der Waals surface area (Å²) in [7, 11) is -5.05. The molecule has 0 heterocycles. The monoisotopic (exact) mass is 1000 g/mol. The minimum atomic E-state index is -5.05. The second kappa shape index (κ2) is 45.8. The molecule has 6 atom stereocenters. The van der Waals surface area contributed by atoms with Crippen LogP contribution >= 0.6 is 7.82 Å². The fraction of sp³-hybridized carbons (Fsp3) is 0.667. The van der Waals surface area contributed by atoms with E-state index in [1.807, 2.05) is 0 Å². The summed E-state index contributed by atoms with van der Waals surface area (Å²) in [6.07, 6.45) is 52.9. The van der Waals surface area contributed by atoms with Crippen LogP contribution in [-0.4, -0.2) is 98.9 Å². The number of ether oxygens (including phenoxy) is 2. The van der Waals surface area contributed by atoms with Gasteiger partial charge >= 0.3 is 13.8 Å². The Balaban J connectivity index is 2.39. The van der Waals surface area contributed by atoms with Crippen molar-refractivity contribution in [3.05, 3.63) is 109 Å². The van der Waals surface area contributed by atoms with Crippen LogP contribution in [0.25, 0.3) is 0 Å². The number of allylic oxidation sites excluding steroid dienone is 18. The van der Waals surface area contributed by atoms with Crippen molar-refractivity contribution in [2.24, 2.45) is 0 Å². The fourth-order valence-electron chi connectivity index (χ4n) is 7.42. The summed E-state index contributed by atoms with van der Waals surface area (Å²) < 4.78 is 34.3. The van der Waals surface area contributed by atoms with E-state index in [-0.39, 0.29) is 13.0 Å². The predicted octanol–water partition coefficient (Wildman–Crippen LogP) is 12.4. The number of aliphatic hydroxyl groups is 5. The first-order chi connectivity index (χ1) is 34.0. The van der Waals surface area contributed by atoms with Crippen molar-refractivity contribution in [1.29, 1.82) is 0 Å². The predicted molar refractivity (Wildman–Crippen MR) is 285 cm³/mol. The van der Waals surface area contributed by atoms with Gasteiger partial charge in [0, 0.05) is 13.0 Å². The van der Waals surface area contributed by atoms with Crippen LogP contribution in [0.15, 0.2) is 109 Å². The molecule has 1 fully saturated rings. The number of phosphoric ester groups is 1. The highest BCUT2D eigenvalue weighted by Crippen LogP contribution is 2.47. The lowest BCUT2D eigenvalue weighted by Crippen LogP contribution is -2.64. The second-order valence-electron chi connectivity index (χ2n) is 18.0. The van der Waals surface area contributed by atoms with Crippen LogP contribution in [0.3, 0.4) is 0 Å². The SMILES string of the molecule is CC/C=C\C/C=C\C/C=C\C/C=C\C/C=C\C/C=C\CCCCC(=O)OC(COCCCCCCCCC/C=C\C/C=C\C/C=C\CCCCCCC)COP(=O)(O)OC1C(O)C(O)C(O)C(O)C1O. The normalized spacial score (nSPS) is 21.8. The first kappa shape index (κ1) is 65.0. The number of aliphatic hydroxyl groups excluding tert-OH is 5. The Morgan fingerprint density at radius 2 is 0.843 bits per heavy atom. The third-order valence-corrected chi connectivity index (χ3v) is 12.6. The molecule has 1 aliphatic carbocycles. The number of esters is 1. The molecule has 6 N–H and O–H groups in total. The van der Waals surface area contributed by atoms with Gasteiger partial charge in [0.1, 0.15) is 42.7 Å². The van der Waals surface area contributed by atoms with E-state index in [1.165, 1.54) is 57.8 Å². The Morgan fingerprint density at radius 3 is 1.29 bits per heavy atom. The maximum Gasteiger partial charge on any atom is 0.472 e. The maximum atomic E-state index is 12.9. The number of rotatable bonds is 44. The van der Waals surface area contributed by atoms with E-state index >= 15 is 0 Å². The summed E-state index contributed by atoms with van der Waals surface area (Å²) in [5.74, 6) is -0.527. The van der Waals surface area contributed by atoms with E-state index in [0.29, 0.717) is 13.0 Å². The zero-order valence-corrected chi connectivity index (χ0v) is 43.9. The third-order valence-electron chi connectivity index (χ3n) is 11.6. The summed E-state index contributed by atoms with van der Waals surface area (Å²) in [5.41, 5.74) is 0. The molecule has 0 aromatic carbocycles. The molecule has 0 amide bonds. The lowest BCUT2D eigenvalue weighted by molar-refractivity contribution is -0.220. The molecule has 6 unspecified atom stereocenters. The van der Waals surface area contributed by atoms with Crippen LogP contribution < -0.4 is 0 Å². The van der Waals surface area contributed by atoms with Gasteiger partial charge < -0.3 is 39.9 Å². The molecule has 1 rings (SSSR count). The van der Waals surface area contributed by atoms with Gasteiger partial charge in [-0.3, -0.25) is 13.8 Å². The van der Waals surface area contributed by atoms with Crippen LogP contribution in [0.5, 0.6) is 0 Å². The van der Waals surface area contributed by atoms with Gasteiger partial charge in [-0.1, -0.05) is 181 Å².